The number of hydrogen-bond donors (Lipinski definition) is 1. The van der Waals surface area contributed by atoms with E-state index < -0.39 is 12.0 Å². The Balaban J connectivity index is 2.00. The Kier molecular flexibility index (Phi) is 5.14. The number of urea groups is 1. The minimum Gasteiger partial charge on any atom is -0.465 e. The quantitative estimate of drug-likeness (QED) is 0.641. The second kappa shape index (κ2) is 7.06. The third-order valence-electron chi connectivity index (χ3n) is 3.66. The van der Waals surface area contributed by atoms with Gasteiger partial charge in [-0.1, -0.05) is 25.5 Å². The minimum atomic E-state index is -0.534. The highest BCUT2D eigenvalue weighted by molar-refractivity contribution is 6.04. The molecule has 2 rings (SSSR count). The zero-order valence-corrected chi connectivity index (χ0v) is 12.8. The molecule has 1 aliphatic heterocycles. The smallest absolute Gasteiger partial charge is 0.337 e. The Morgan fingerprint density at radius 3 is 2.55 bits per heavy atom. The van der Waals surface area contributed by atoms with Crippen molar-refractivity contribution < 1.29 is 19.1 Å². The zero-order chi connectivity index (χ0) is 16.1. The molecule has 0 aromatic heterocycles. The Hall–Kier alpha value is -2.37. The van der Waals surface area contributed by atoms with Crippen molar-refractivity contribution in [2.45, 2.75) is 32.2 Å². The molecule has 1 aromatic rings. The van der Waals surface area contributed by atoms with E-state index in [0.29, 0.717) is 18.5 Å². The van der Waals surface area contributed by atoms with E-state index in [2.05, 4.69) is 10.1 Å². The molecule has 22 heavy (non-hydrogen) atoms. The van der Waals surface area contributed by atoms with Gasteiger partial charge in [-0.25, -0.2) is 9.59 Å². The number of nitrogens with zero attached hydrogens (tertiary/aromatic N) is 1. The van der Waals surface area contributed by atoms with Crippen LogP contribution in [0.25, 0.3) is 0 Å². The van der Waals surface area contributed by atoms with E-state index in [-0.39, 0.29) is 11.9 Å². The molecule has 1 N–H and O–H groups in total. The Morgan fingerprint density at radius 1 is 1.27 bits per heavy atom. The van der Waals surface area contributed by atoms with Gasteiger partial charge in [-0.15, -0.1) is 0 Å². The normalized spacial score (nSPS) is 17.5. The lowest BCUT2D eigenvalue weighted by atomic mass is 10.0. The molecule has 1 atom stereocenters. The summed E-state index contributed by atoms with van der Waals surface area (Å²) in [5.41, 5.74) is 1.33. The average Bonchev–Trinajstić information content (AvgIpc) is 2.79. The summed E-state index contributed by atoms with van der Waals surface area (Å²) in [5, 5.41) is 2.71. The molecule has 1 heterocycles. The SMILES string of the molecule is CCCCN1C(=O)NC(Cc2ccc(C(=O)OC)cc2)C1=O. The standard InChI is InChI=1S/C16H20N2O4/c1-3-4-9-18-14(19)13(17-16(18)21)10-11-5-7-12(8-6-11)15(20)22-2/h5-8,13H,3-4,9-10H2,1-2H3,(H,17,21). The molecule has 1 aromatic carbocycles. The summed E-state index contributed by atoms with van der Waals surface area (Å²) in [6.07, 6.45) is 2.14. The number of amides is 3. The fourth-order valence-electron chi connectivity index (χ4n) is 2.37. The number of imide groups is 1. The van der Waals surface area contributed by atoms with E-state index in [1.165, 1.54) is 12.0 Å². The van der Waals surface area contributed by atoms with Crippen molar-refractivity contribution in [3.8, 4) is 0 Å². The van der Waals surface area contributed by atoms with Crippen molar-refractivity contribution in [1.29, 1.82) is 0 Å². The van der Waals surface area contributed by atoms with E-state index in [4.69, 9.17) is 0 Å². The average molecular weight is 304 g/mol. The predicted octanol–water partition coefficient (Wildman–Crippen LogP) is 1.74. The molecule has 1 aliphatic rings. The molecule has 0 saturated carbocycles. The van der Waals surface area contributed by atoms with Gasteiger partial charge in [0.2, 0.25) is 0 Å². The lowest BCUT2D eigenvalue weighted by Crippen LogP contribution is -2.33. The van der Waals surface area contributed by atoms with Crippen molar-refractivity contribution in [3.63, 3.8) is 0 Å². The third-order valence-corrected chi connectivity index (χ3v) is 3.66. The van der Waals surface area contributed by atoms with Crippen LogP contribution < -0.4 is 5.32 Å². The predicted molar refractivity (Wildman–Crippen MR) is 80.4 cm³/mol. The fraction of sp³-hybridized carbons (Fsp3) is 0.438. The number of ether oxygens (including phenoxy) is 1. The molecule has 3 amide bonds. The lowest BCUT2D eigenvalue weighted by Gasteiger charge is -2.12. The maximum atomic E-state index is 12.2. The maximum Gasteiger partial charge on any atom is 0.337 e. The highest BCUT2D eigenvalue weighted by Gasteiger charge is 2.37. The van der Waals surface area contributed by atoms with Crippen LogP contribution in [0.2, 0.25) is 0 Å². The molecule has 118 valence electrons. The fourth-order valence-corrected chi connectivity index (χ4v) is 2.37. The van der Waals surface area contributed by atoms with Crippen LogP contribution in [-0.2, 0) is 16.0 Å². The van der Waals surface area contributed by atoms with Crippen LogP contribution in [0.5, 0.6) is 0 Å². The Bertz CT molecular complexity index is 568. The number of benzene rings is 1. The maximum absolute atomic E-state index is 12.2. The number of rotatable bonds is 6. The van der Waals surface area contributed by atoms with Crippen LogP contribution in [0.1, 0.15) is 35.7 Å². The molecule has 0 aliphatic carbocycles. The summed E-state index contributed by atoms with van der Waals surface area (Å²) in [7, 11) is 1.33. The number of unbranched alkanes of at least 4 members (excludes halogenated alkanes) is 1. The second-order valence-corrected chi connectivity index (χ2v) is 5.24. The monoisotopic (exact) mass is 304 g/mol. The van der Waals surface area contributed by atoms with E-state index in [9.17, 15) is 14.4 Å². The molecule has 6 heteroatoms. The molecule has 0 spiro atoms. The number of esters is 1. The highest BCUT2D eigenvalue weighted by Crippen LogP contribution is 2.14. The molecular formula is C16H20N2O4. The van der Waals surface area contributed by atoms with Gasteiger partial charge in [0.15, 0.2) is 0 Å². The zero-order valence-electron chi connectivity index (χ0n) is 12.8. The minimum absolute atomic E-state index is 0.185. The van der Waals surface area contributed by atoms with Crippen molar-refractivity contribution in [2.24, 2.45) is 0 Å². The van der Waals surface area contributed by atoms with Gasteiger partial charge in [0.05, 0.1) is 12.7 Å². The topological polar surface area (TPSA) is 75.7 Å². The van der Waals surface area contributed by atoms with E-state index in [1.54, 1.807) is 24.3 Å². The number of hydrogen-bond acceptors (Lipinski definition) is 4. The summed E-state index contributed by atoms with van der Waals surface area (Å²) < 4.78 is 4.64. The van der Waals surface area contributed by atoms with Gasteiger partial charge in [-0.05, 0) is 24.1 Å². The van der Waals surface area contributed by atoms with Crippen molar-refractivity contribution in [3.05, 3.63) is 35.4 Å². The van der Waals surface area contributed by atoms with Crippen LogP contribution in [-0.4, -0.2) is 42.5 Å². The first-order valence-corrected chi connectivity index (χ1v) is 7.36. The van der Waals surface area contributed by atoms with Crippen LogP contribution in [0.15, 0.2) is 24.3 Å². The van der Waals surface area contributed by atoms with Crippen molar-refractivity contribution in [1.82, 2.24) is 10.2 Å². The van der Waals surface area contributed by atoms with Gasteiger partial charge in [0.1, 0.15) is 6.04 Å². The number of nitrogens with one attached hydrogen (secondary N) is 1. The number of carbonyl (C=O) groups excluding carboxylic acids is 3. The molecule has 0 radical (unpaired) electrons. The largest absolute Gasteiger partial charge is 0.465 e. The van der Waals surface area contributed by atoms with Gasteiger partial charge < -0.3 is 10.1 Å². The summed E-state index contributed by atoms with van der Waals surface area (Å²) >= 11 is 0. The summed E-state index contributed by atoms with van der Waals surface area (Å²) in [5.74, 6) is -0.585. The summed E-state index contributed by atoms with van der Waals surface area (Å²) in [6, 6.07) is 5.97. The van der Waals surface area contributed by atoms with Crippen LogP contribution >= 0.6 is 0 Å². The van der Waals surface area contributed by atoms with E-state index in [0.717, 1.165) is 18.4 Å². The van der Waals surface area contributed by atoms with Gasteiger partial charge >= 0.3 is 12.0 Å². The van der Waals surface area contributed by atoms with Gasteiger partial charge in [-0.2, -0.15) is 0 Å². The third kappa shape index (κ3) is 3.44. The highest BCUT2D eigenvalue weighted by atomic mass is 16.5. The van der Waals surface area contributed by atoms with Crippen LogP contribution in [0, 0.1) is 0 Å². The molecule has 1 saturated heterocycles. The summed E-state index contributed by atoms with van der Waals surface area (Å²) in [6.45, 7) is 2.47. The number of carbonyl (C=O) groups is 3. The molecule has 1 fully saturated rings. The Labute approximate surface area is 129 Å². The van der Waals surface area contributed by atoms with E-state index >= 15 is 0 Å². The second-order valence-electron chi connectivity index (χ2n) is 5.24. The lowest BCUT2D eigenvalue weighted by molar-refractivity contribution is -0.127. The van der Waals surface area contributed by atoms with Crippen molar-refractivity contribution in [2.75, 3.05) is 13.7 Å². The molecule has 1 unspecified atom stereocenters. The molecular weight excluding hydrogens is 284 g/mol. The molecule has 0 bridgehead atoms. The van der Waals surface area contributed by atoms with Crippen molar-refractivity contribution >= 4 is 17.9 Å². The first-order valence-electron chi connectivity index (χ1n) is 7.36. The summed E-state index contributed by atoms with van der Waals surface area (Å²) in [4.78, 5) is 36.7. The first-order chi connectivity index (χ1) is 10.6. The molecule has 6 nitrogen and oxygen atoms in total. The van der Waals surface area contributed by atoms with Crippen LogP contribution in [0.4, 0.5) is 4.79 Å². The van der Waals surface area contributed by atoms with Gasteiger partial charge in [0, 0.05) is 13.0 Å². The first kappa shape index (κ1) is 16.0. The van der Waals surface area contributed by atoms with E-state index in [1.807, 2.05) is 6.92 Å². The van der Waals surface area contributed by atoms with Gasteiger partial charge in [0.25, 0.3) is 5.91 Å². The van der Waals surface area contributed by atoms with Crippen LogP contribution in [0.3, 0.4) is 0 Å². The van der Waals surface area contributed by atoms with Gasteiger partial charge in [-0.3, -0.25) is 9.69 Å². The number of methoxy groups -OCH3 is 1. The Morgan fingerprint density at radius 2 is 1.95 bits per heavy atom.